The number of aromatic nitrogens is 2. The number of cyclic esters (lactones) is 1. The van der Waals surface area contributed by atoms with Gasteiger partial charge in [0, 0.05) is 54.7 Å². The first kappa shape index (κ1) is 47.4. The van der Waals surface area contributed by atoms with Gasteiger partial charge in [0.15, 0.2) is 5.60 Å². The number of halogens is 1. The number of rotatable bonds is 17. The number of fused-ring (bicyclic) bond motifs is 5. The van der Waals surface area contributed by atoms with Crippen LogP contribution in [-0.2, 0) is 74.7 Å². The van der Waals surface area contributed by atoms with E-state index in [0.717, 1.165) is 23.3 Å². The monoisotopic (exact) mass is 920 g/mol. The zero-order valence-electron chi connectivity index (χ0n) is 37.2. The third-order valence-electron chi connectivity index (χ3n) is 12.4. The number of benzene rings is 2. The summed E-state index contributed by atoms with van der Waals surface area (Å²) in [7, 11) is 1.56. The second-order valence-electron chi connectivity index (χ2n) is 16.6. The molecule has 7 amide bonds. The predicted octanol–water partition coefficient (Wildman–Crippen LogP) is 0.228. The lowest BCUT2D eigenvalue weighted by molar-refractivity contribution is -0.172. The average molecular weight is 921 g/mol. The SMILES string of the molecule is CC[C@@]1(O)C(=O)OCc2c1cc1n(c2=O)Cc2c-1nc1cc(F)c(C)c(CCCN(C)C(=O)CNC(=O)[C@H](Cc3ccccc3)NC(=O)CNC(=O)CNC(=O)CN3C(=O)C=CC3=O)c1c2C. The van der Waals surface area contributed by atoms with Crippen molar-refractivity contribution in [1.82, 2.24) is 40.6 Å². The van der Waals surface area contributed by atoms with Crippen LogP contribution in [-0.4, -0.2) is 118 Å². The smallest absolute Gasteiger partial charge is 0.343 e. The number of nitrogens with one attached hydrogen (secondary N) is 4. The number of likely N-dealkylation sites (N-methyl/N-ethyl adjacent to an activating group) is 1. The highest BCUT2D eigenvalue weighted by Gasteiger charge is 2.45. The second-order valence-corrected chi connectivity index (χ2v) is 16.6. The second kappa shape index (κ2) is 19.5. The summed E-state index contributed by atoms with van der Waals surface area (Å²) < 4.78 is 22.3. The number of carbonyl (C=O) groups is 8. The van der Waals surface area contributed by atoms with E-state index in [4.69, 9.17) is 9.72 Å². The number of hydrogen-bond acceptors (Lipinski definition) is 12. The van der Waals surface area contributed by atoms with Gasteiger partial charge in [-0.2, -0.15) is 0 Å². The van der Waals surface area contributed by atoms with Gasteiger partial charge in [0.1, 0.15) is 25.0 Å². The molecule has 0 fully saturated rings. The molecule has 0 saturated carbocycles. The van der Waals surface area contributed by atoms with Gasteiger partial charge in [-0.05, 0) is 61.4 Å². The van der Waals surface area contributed by atoms with Gasteiger partial charge in [-0.3, -0.25) is 43.3 Å². The lowest BCUT2D eigenvalue weighted by atomic mass is 9.86. The van der Waals surface area contributed by atoms with Crippen LogP contribution in [0.5, 0.6) is 0 Å². The molecule has 3 aliphatic heterocycles. The summed E-state index contributed by atoms with van der Waals surface area (Å²) in [6.45, 7) is 3.20. The highest BCUT2D eigenvalue weighted by atomic mass is 19.1. The number of hydrogen-bond donors (Lipinski definition) is 5. The van der Waals surface area contributed by atoms with E-state index in [-0.39, 0.29) is 43.7 Å². The standard InChI is InChI=1S/C47H49FN8O11/c1-5-47(66)31-17-35-43-29(22-55(35)45(64)30(31)24-67-46(47)65)26(3)42-28(25(2)32(48)18-33(42)53-43)12-9-15-54(4)41(62)21-51-44(63)34(16-27-10-7-6-8-11-27)52-37(58)20-49-36(57)19-50-38(59)23-56-39(60)13-14-40(56)61/h6-8,10-11,13-14,17-18,34,66H,5,9,12,15-16,19-24H2,1-4H3,(H,49,57)(H,50,59)(H,51,63)(H,52,58)/t34-,47-/m0/s1. The maximum atomic E-state index is 15.6. The number of aryl methyl sites for hydroxylation is 2. The fourth-order valence-electron chi connectivity index (χ4n) is 8.49. The Morgan fingerprint density at radius 3 is 2.30 bits per heavy atom. The third kappa shape index (κ3) is 9.69. The van der Waals surface area contributed by atoms with Crippen molar-refractivity contribution in [3.05, 3.63) is 110 Å². The highest BCUT2D eigenvalue weighted by molar-refractivity contribution is 6.14. The van der Waals surface area contributed by atoms with E-state index >= 15 is 4.39 Å². The minimum absolute atomic E-state index is 0.00846. The quantitative estimate of drug-likeness (QED) is 0.0621. The molecule has 2 atom stereocenters. The predicted molar refractivity (Wildman–Crippen MR) is 237 cm³/mol. The van der Waals surface area contributed by atoms with Gasteiger partial charge in [-0.1, -0.05) is 37.3 Å². The Bertz CT molecular complexity index is 2830. The molecular formula is C47H49FN8O11. The van der Waals surface area contributed by atoms with Crippen LogP contribution >= 0.6 is 0 Å². The van der Waals surface area contributed by atoms with Gasteiger partial charge in [0.05, 0.1) is 48.6 Å². The van der Waals surface area contributed by atoms with E-state index in [1.165, 1.54) is 15.5 Å². The van der Waals surface area contributed by atoms with Crippen molar-refractivity contribution < 1.29 is 52.6 Å². The maximum absolute atomic E-state index is 15.6. The largest absolute Gasteiger partial charge is 0.458 e. The Kier molecular flexibility index (Phi) is 13.8. The minimum Gasteiger partial charge on any atom is -0.458 e. The number of ether oxygens (including phenoxy) is 1. The number of carbonyl (C=O) groups excluding carboxylic acids is 8. The number of nitrogens with zero attached hydrogens (tertiary/aromatic N) is 4. The lowest BCUT2D eigenvalue weighted by Crippen LogP contribution is -2.52. The molecule has 4 aromatic rings. The number of amides is 7. The van der Waals surface area contributed by atoms with Crippen LogP contribution in [0, 0.1) is 19.7 Å². The molecule has 19 nitrogen and oxygen atoms in total. The summed E-state index contributed by atoms with van der Waals surface area (Å²) in [5, 5.41) is 21.7. The van der Waals surface area contributed by atoms with Crippen molar-refractivity contribution >= 4 is 58.2 Å². The van der Waals surface area contributed by atoms with Crippen LogP contribution in [0.2, 0.25) is 0 Å². The summed E-state index contributed by atoms with van der Waals surface area (Å²) in [5.74, 6) is -6.00. The average Bonchev–Trinajstić information content (AvgIpc) is 3.84. The fourth-order valence-corrected chi connectivity index (χ4v) is 8.49. The zero-order chi connectivity index (χ0) is 48.3. The van der Waals surface area contributed by atoms with Crippen LogP contribution in [0.3, 0.4) is 0 Å². The molecule has 0 spiro atoms. The van der Waals surface area contributed by atoms with Gasteiger partial charge in [0.2, 0.25) is 29.5 Å². The van der Waals surface area contributed by atoms with E-state index in [0.29, 0.717) is 56.7 Å². The molecule has 2 aromatic heterocycles. The van der Waals surface area contributed by atoms with Gasteiger partial charge in [0.25, 0.3) is 17.4 Å². The molecule has 20 heteroatoms. The summed E-state index contributed by atoms with van der Waals surface area (Å²) >= 11 is 0. The van der Waals surface area contributed by atoms with Gasteiger partial charge >= 0.3 is 5.97 Å². The van der Waals surface area contributed by atoms with Crippen LogP contribution in [0.1, 0.15) is 58.7 Å². The van der Waals surface area contributed by atoms with E-state index in [9.17, 15) is 48.3 Å². The lowest BCUT2D eigenvalue weighted by Gasteiger charge is -2.31. The van der Waals surface area contributed by atoms with Crippen molar-refractivity contribution in [3.8, 4) is 11.4 Å². The van der Waals surface area contributed by atoms with Crippen LogP contribution in [0.15, 0.2) is 59.4 Å². The van der Waals surface area contributed by atoms with Crippen molar-refractivity contribution in [1.29, 1.82) is 0 Å². The third-order valence-corrected chi connectivity index (χ3v) is 12.4. The summed E-state index contributed by atoms with van der Waals surface area (Å²) in [5.41, 5.74) is 2.52. The molecule has 0 unspecified atom stereocenters. The first-order chi connectivity index (χ1) is 31.9. The van der Waals surface area contributed by atoms with Gasteiger partial charge < -0.3 is 40.6 Å². The molecule has 3 aliphatic rings. The summed E-state index contributed by atoms with van der Waals surface area (Å²) in [4.78, 5) is 121. The summed E-state index contributed by atoms with van der Waals surface area (Å²) in [6.07, 6.45) is 2.83. The highest BCUT2D eigenvalue weighted by Crippen LogP contribution is 2.41. The van der Waals surface area contributed by atoms with Crippen molar-refractivity contribution in [2.45, 2.75) is 71.2 Å². The Balaban J connectivity index is 0.955. The molecule has 0 saturated heterocycles. The molecule has 7 rings (SSSR count). The Morgan fingerprint density at radius 2 is 1.60 bits per heavy atom. The van der Waals surface area contributed by atoms with Crippen LogP contribution in [0.4, 0.5) is 4.39 Å². The van der Waals surface area contributed by atoms with Gasteiger partial charge in [-0.15, -0.1) is 0 Å². The Morgan fingerprint density at radius 1 is 0.910 bits per heavy atom. The number of aliphatic hydroxyl groups is 1. The van der Waals surface area contributed by atoms with Crippen LogP contribution < -0.4 is 26.8 Å². The topological polar surface area (TPSA) is 256 Å². The molecule has 0 radical (unpaired) electrons. The summed E-state index contributed by atoms with van der Waals surface area (Å²) in [6, 6.07) is 10.6. The van der Waals surface area contributed by atoms with Crippen LogP contribution in [0.25, 0.3) is 22.3 Å². The van der Waals surface area contributed by atoms with E-state index in [2.05, 4.69) is 21.3 Å². The molecule has 2 aromatic carbocycles. The molecule has 0 bridgehead atoms. The first-order valence-electron chi connectivity index (χ1n) is 21.6. The number of esters is 1. The Labute approximate surface area is 382 Å². The van der Waals surface area contributed by atoms with Crippen molar-refractivity contribution in [3.63, 3.8) is 0 Å². The first-order valence-corrected chi connectivity index (χ1v) is 21.6. The van der Waals surface area contributed by atoms with E-state index < -0.39 is 96.5 Å². The van der Waals surface area contributed by atoms with Gasteiger partial charge in [-0.25, -0.2) is 14.2 Å². The molecule has 350 valence electrons. The van der Waals surface area contributed by atoms with Crippen molar-refractivity contribution in [2.75, 3.05) is 39.8 Å². The Hall–Kier alpha value is -7.61. The zero-order valence-corrected chi connectivity index (χ0v) is 37.2. The molecule has 5 heterocycles. The van der Waals surface area contributed by atoms with E-state index in [1.807, 2.05) is 6.92 Å². The van der Waals surface area contributed by atoms with E-state index in [1.54, 1.807) is 57.3 Å². The number of pyridine rings is 2. The fraction of sp³-hybridized carbons (Fsp3) is 0.362. The number of imide groups is 1. The minimum atomic E-state index is -1.99. The molecule has 5 N–H and O–H groups in total. The normalized spacial score (nSPS) is 16.2. The van der Waals surface area contributed by atoms with Crippen molar-refractivity contribution in [2.24, 2.45) is 0 Å². The molecule has 0 aliphatic carbocycles. The molecule has 67 heavy (non-hydrogen) atoms. The molecular weight excluding hydrogens is 872 g/mol. The maximum Gasteiger partial charge on any atom is 0.343 e.